The Bertz CT molecular complexity index is 497. The van der Waals surface area contributed by atoms with Crippen molar-refractivity contribution in [3.63, 3.8) is 0 Å². The van der Waals surface area contributed by atoms with Crippen LogP contribution in [0.2, 0.25) is 0 Å². The van der Waals surface area contributed by atoms with Gasteiger partial charge >= 0.3 is 0 Å². The highest BCUT2D eigenvalue weighted by atomic mass is 19.1. The lowest BCUT2D eigenvalue weighted by Crippen LogP contribution is -1.86. The van der Waals surface area contributed by atoms with Gasteiger partial charge in [-0.25, -0.2) is 4.39 Å². The first-order valence-corrected chi connectivity index (χ1v) is 4.51. The molecule has 2 rings (SSSR count). The minimum Gasteiger partial charge on any atom is -0.506 e. The van der Waals surface area contributed by atoms with Crippen LogP contribution in [0.15, 0.2) is 42.5 Å². The molecule has 0 spiro atoms. The van der Waals surface area contributed by atoms with Crippen molar-refractivity contribution in [1.82, 2.24) is 0 Å². The molecule has 0 aliphatic carbocycles. The van der Waals surface area contributed by atoms with Gasteiger partial charge in [0.1, 0.15) is 11.6 Å². The lowest BCUT2D eigenvalue weighted by Gasteiger charge is -2.04. The van der Waals surface area contributed by atoms with Gasteiger partial charge in [-0.05, 0) is 35.4 Å². The van der Waals surface area contributed by atoms with Crippen molar-refractivity contribution in [2.75, 3.05) is 5.73 Å². The number of halogens is 1. The van der Waals surface area contributed by atoms with E-state index in [1.165, 1.54) is 18.2 Å². The molecule has 2 aromatic carbocycles. The molecule has 0 saturated heterocycles. The summed E-state index contributed by atoms with van der Waals surface area (Å²) < 4.78 is 12.9. The number of benzene rings is 2. The van der Waals surface area contributed by atoms with Gasteiger partial charge in [0, 0.05) is 0 Å². The number of phenols is 1. The molecule has 2 nitrogen and oxygen atoms in total. The molecule has 0 aliphatic heterocycles. The van der Waals surface area contributed by atoms with Gasteiger partial charge in [0.2, 0.25) is 0 Å². The molecule has 0 amide bonds. The van der Waals surface area contributed by atoms with Gasteiger partial charge in [0.25, 0.3) is 0 Å². The molecule has 0 saturated carbocycles. The zero-order valence-electron chi connectivity index (χ0n) is 7.94. The number of rotatable bonds is 1. The fourth-order valence-electron chi connectivity index (χ4n) is 1.39. The first kappa shape index (κ1) is 9.52. The van der Waals surface area contributed by atoms with Crippen molar-refractivity contribution in [3.8, 4) is 16.9 Å². The molecule has 0 aromatic heterocycles. The normalized spacial score (nSPS) is 10.2. The zero-order chi connectivity index (χ0) is 10.8. The Hall–Kier alpha value is -2.03. The average molecular weight is 203 g/mol. The van der Waals surface area contributed by atoms with Crippen LogP contribution in [0.4, 0.5) is 10.1 Å². The van der Waals surface area contributed by atoms with Gasteiger partial charge in [-0.15, -0.1) is 0 Å². The molecule has 76 valence electrons. The second kappa shape index (κ2) is 3.61. The number of aromatic hydroxyl groups is 1. The Morgan fingerprint density at radius 3 is 2.40 bits per heavy atom. The van der Waals surface area contributed by atoms with E-state index in [0.717, 1.165) is 5.56 Å². The van der Waals surface area contributed by atoms with Crippen molar-refractivity contribution in [2.24, 2.45) is 0 Å². The average Bonchev–Trinajstić information content (AvgIpc) is 2.22. The van der Waals surface area contributed by atoms with Crippen LogP contribution in [-0.4, -0.2) is 5.11 Å². The van der Waals surface area contributed by atoms with Crippen molar-refractivity contribution < 1.29 is 9.50 Å². The summed E-state index contributed by atoms with van der Waals surface area (Å²) in [6, 6.07) is 11.0. The SMILES string of the molecule is Nc1ccc(-c2cccc(F)c2)cc1O. The first-order valence-electron chi connectivity index (χ1n) is 4.51. The molecule has 0 atom stereocenters. The molecule has 15 heavy (non-hydrogen) atoms. The minimum absolute atomic E-state index is 0.0109. The van der Waals surface area contributed by atoms with Gasteiger partial charge in [-0.3, -0.25) is 0 Å². The van der Waals surface area contributed by atoms with E-state index in [2.05, 4.69) is 0 Å². The van der Waals surface area contributed by atoms with Crippen molar-refractivity contribution in [1.29, 1.82) is 0 Å². The summed E-state index contributed by atoms with van der Waals surface area (Å²) in [5.74, 6) is -0.291. The zero-order valence-corrected chi connectivity index (χ0v) is 7.94. The van der Waals surface area contributed by atoms with E-state index >= 15 is 0 Å². The molecule has 2 aromatic rings. The van der Waals surface area contributed by atoms with Gasteiger partial charge < -0.3 is 10.8 Å². The van der Waals surface area contributed by atoms with Crippen LogP contribution in [0.1, 0.15) is 0 Å². The lowest BCUT2D eigenvalue weighted by atomic mass is 10.0. The maximum absolute atomic E-state index is 12.9. The van der Waals surface area contributed by atoms with E-state index in [9.17, 15) is 9.50 Å². The molecular formula is C12H10FNO. The lowest BCUT2D eigenvalue weighted by molar-refractivity contribution is 0.478. The molecule has 0 unspecified atom stereocenters. The van der Waals surface area contributed by atoms with E-state index in [1.807, 2.05) is 0 Å². The fourth-order valence-corrected chi connectivity index (χ4v) is 1.39. The van der Waals surface area contributed by atoms with E-state index in [0.29, 0.717) is 11.3 Å². The summed E-state index contributed by atoms with van der Waals surface area (Å²) in [6.07, 6.45) is 0. The van der Waals surface area contributed by atoms with Crippen LogP contribution >= 0.6 is 0 Å². The third-order valence-electron chi connectivity index (χ3n) is 2.19. The molecule has 0 aliphatic rings. The number of nitrogens with two attached hydrogens (primary N) is 1. The summed E-state index contributed by atoms with van der Waals surface area (Å²) in [5.41, 5.74) is 7.24. The predicted octanol–water partition coefficient (Wildman–Crippen LogP) is 2.78. The van der Waals surface area contributed by atoms with Gasteiger partial charge in [0.05, 0.1) is 5.69 Å². The smallest absolute Gasteiger partial charge is 0.139 e. The van der Waals surface area contributed by atoms with E-state index in [-0.39, 0.29) is 11.6 Å². The van der Waals surface area contributed by atoms with Crippen LogP contribution in [0, 0.1) is 5.82 Å². The monoisotopic (exact) mass is 203 g/mol. The topological polar surface area (TPSA) is 46.2 Å². The van der Waals surface area contributed by atoms with E-state index < -0.39 is 0 Å². The highest BCUT2D eigenvalue weighted by Gasteiger charge is 2.02. The van der Waals surface area contributed by atoms with Crippen LogP contribution in [0.3, 0.4) is 0 Å². The maximum Gasteiger partial charge on any atom is 0.139 e. The highest BCUT2D eigenvalue weighted by molar-refractivity contribution is 5.69. The Balaban J connectivity index is 2.50. The third kappa shape index (κ3) is 1.91. The summed E-state index contributed by atoms with van der Waals surface area (Å²) >= 11 is 0. The fraction of sp³-hybridized carbons (Fsp3) is 0. The molecule has 0 bridgehead atoms. The van der Waals surface area contributed by atoms with E-state index in [4.69, 9.17) is 5.73 Å². The number of nitrogen functional groups attached to an aromatic ring is 1. The first-order chi connectivity index (χ1) is 7.16. The summed E-state index contributed by atoms with van der Waals surface area (Å²) in [6.45, 7) is 0. The second-order valence-corrected chi connectivity index (χ2v) is 3.28. The van der Waals surface area contributed by atoms with Crippen LogP contribution in [0.25, 0.3) is 11.1 Å². The van der Waals surface area contributed by atoms with Crippen molar-refractivity contribution in [2.45, 2.75) is 0 Å². The third-order valence-corrected chi connectivity index (χ3v) is 2.19. The molecular weight excluding hydrogens is 193 g/mol. The molecule has 3 heteroatoms. The van der Waals surface area contributed by atoms with Gasteiger partial charge in [-0.2, -0.15) is 0 Å². The van der Waals surface area contributed by atoms with Crippen LogP contribution in [0.5, 0.6) is 5.75 Å². The Morgan fingerprint density at radius 1 is 1.00 bits per heavy atom. The van der Waals surface area contributed by atoms with Crippen molar-refractivity contribution >= 4 is 5.69 Å². The van der Waals surface area contributed by atoms with Gasteiger partial charge in [0.15, 0.2) is 0 Å². The number of hydrogen-bond acceptors (Lipinski definition) is 2. The number of anilines is 1. The largest absolute Gasteiger partial charge is 0.506 e. The summed E-state index contributed by atoms with van der Waals surface area (Å²) in [5, 5.41) is 9.41. The Morgan fingerprint density at radius 2 is 1.73 bits per heavy atom. The summed E-state index contributed by atoms with van der Waals surface area (Å²) in [7, 11) is 0. The molecule has 3 N–H and O–H groups in total. The standard InChI is InChI=1S/C12H10FNO/c13-10-3-1-2-8(6-10)9-4-5-11(14)12(15)7-9/h1-7,15H,14H2. The minimum atomic E-state index is -0.302. The second-order valence-electron chi connectivity index (χ2n) is 3.28. The van der Waals surface area contributed by atoms with Gasteiger partial charge in [-0.1, -0.05) is 18.2 Å². The van der Waals surface area contributed by atoms with Crippen LogP contribution < -0.4 is 5.73 Å². The number of hydrogen-bond donors (Lipinski definition) is 2. The van der Waals surface area contributed by atoms with E-state index in [1.54, 1.807) is 24.3 Å². The number of phenolic OH excluding ortho intramolecular Hbond substituents is 1. The highest BCUT2D eigenvalue weighted by Crippen LogP contribution is 2.27. The van der Waals surface area contributed by atoms with Crippen molar-refractivity contribution in [3.05, 3.63) is 48.3 Å². The summed E-state index contributed by atoms with van der Waals surface area (Å²) in [4.78, 5) is 0. The Labute approximate surface area is 86.8 Å². The molecule has 0 fully saturated rings. The van der Waals surface area contributed by atoms with Crippen LogP contribution in [-0.2, 0) is 0 Å². The molecule has 0 heterocycles. The Kier molecular flexibility index (Phi) is 2.29. The predicted molar refractivity (Wildman–Crippen MR) is 57.9 cm³/mol. The molecule has 0 radical (unpaired) electrons. The quantitative estimate of drug-likeness (QED) is 0.553. The maximum atomic E-state index is 12.9.